The fourth-order valence-electron chi connectivity index (χ4n) is 2.14. The van der Waals surface area contributed by atoms with E-state index in [2.05, 4.69) is 0 Å². The summed E-state index contributed by atoms with van der Waals surface area (Å²) in [7, 11) is -0.836. The molecule has 2 rings (SSSR count). The molecule has 0 unspecified atom stereocenters. The van der Waals surface area contributed by atoms with Gasteiger partial charge in [0.1, 0.15) is 0 Å². The number of carboxylic acids is 1. The van der Waals surface area contributed by atoms with E-state index >= 15 is 0 Å². The molecule has 5 nitrogen and oxygen atoms in total. The lowest BCUT2D eigenvalue weighted by Gasteiger charge is -2.13. The minimum absolute atomic E-state index is 0.00409. The minimum atomic E-state index is -3.66. The third-order valence-electron chi connectivity index (χ3n) is 3.44. The van der Waals surface area contributed by atoms with Gasteiger partial charge in [-0.1, -0.05) is 29.8 Å². The molecule has 0 spiro atoms. The van der Waals surface area contributed by atoms with Gasteiger partial charge in [0.15, 0.2) is 0 Å². The van der Waals surface area contributed by atoms with E-state index in [0.717, 1.165) is 15.4 Å². The zero-order valence-electron chi connectivity index (χ0n) is 13.7. The van der Waals surface area contributed by atoms with Gasteiger partial charge in [0.05, 0.1) is 10.5 Å². The standard InChI is InChI=1S/C17H19NO4S2/c1-12-5-4-6-13(9-12)11-23-16-8-7-14(10-15(16)17(19)20)24(21,22)18(2)3/h4-10H,11H2,1-3H3,(H,19,20). The van der Waals surface area contributed by atoms with E-state index in [4.69, 9.17) is 0 Å². The Hall–Kier alpha value is -1.83. The Morgan fingerprint density at radius 1 is 1.17 bits per heavy atom. The Labute approximate surface area is 146 Å². The fourth-order valence-corrected chi connectivity index (χ4v) is 4.03. The molecule has 1 N–H and O–H groups in total. The predicted molar refractivity (Wildman–Crippen MR) is 95.0 cm³/mol. The largest absolute Gasteiger partial charge is 0.478 e. The average Bonchev–Trinajstić information content (AvgIpc) is 2.52. The van der Waals surface area contributed by atoms with Gasteiger partial charge >= 0.3 is 5.97 Å². The number of aromatic carboxylic acids is 1. The highest BCUT2D eigenvalue weighted by Crippen LogP contribution is 2.29. The Morgan fingerprint density at radius 2 is 1.88 bits per heavy atom. The van der Waals surface area contributed by atoms with Gasteiger partial charge in [0.2, 0.25) is 10.0 Å². The van der Waals surface area contributed by atoms with Gasteiger partial charge in [-0.15, -0.1) is 11.8 Å². The van der Waals surface area contributed by atoms with E-state index in [1.54, 1.807) is 6.07 Å². The highest BCUT2D eigenvalue weighted by atomic mass is 32.2. The average molecular weight is 365 g/mol. The lowest BCUT2D eigenvalue weighted by atomic mass is 10.2. The SMILES string of the molecule is Cc1cccc(CSc2ccc(S(=O)(=O)N(C)C)cc2C(=O)O)c1. The van der Waals surface area contributed by atoms with Gasteiger partial charge in [-0.2, -0.15) is 0 Å². The van der Waals surface area contributed by atoms with E-state index < -0.39 is 16.0 Å². The van der Waals surface area contributed by atoms with Crippen LogP contribution in [-0.4, -0.2) is 37.9 Å². The molecular formula is C17H19NO4S2. The van der Waals surface area contributed by atoms with Crippen molar-refractivity contribution >= 4 is 27.8 Å². The molecule has 2 aromatic carbocycles. The van der Waals surface area contributed by atoms with Crippen molar-refractivity contribution in [3.05, 3.63) is 59.2 Å². The zero-order chi connectivity index (χ0) is 17.9. The maximum Gasteiger partial charge on any atom is 0.336 e. The first-order chi connectivity index (χ1) is 11.2. The van der Waals surface area contributed by atoms with E-state index in [0.29, 0.717) is 10.6 Å². The molecule has 0 saturated heterocycles. The normalized spacial score (nSPS) is 11.7. The van der Waals surface area contributed by atoms with Crippen LogP contribution in [0.5, 0.6) is 0 Å². The first kappa shape index (κ1) is 18.5. The number of hydrogen-bond donors (Lipinski definition) is 1. The van der Waals surface area contributed by atoms with Crippen molar-refractivity contribution in [2.45, 2.75) is 22.5 Å². The summed E-state index contributed by atoms with van der Waals surface area (Å²) in [6.07, 6.45) is 0. The molecule has 7 heteroatoms. The first-order valence-electron chi connectivity index (χ1n) is 7.20. The maximum absolute atomic E-state index is 12.2. The van der Waals surface area contributed by atoms with Crippen molar-refractivity contribution < 1.29 is 18.3 Å². The van der Waals surface area contributed by atoms with E-state index in [9.17, 15) is 18.3 Å². The minimum Gasteiger partial charge on any atom is -0.478 e. The fraction of sp³-hybridized carbons (Fsp3) is 0.235. The van der Waals surface area contributed by atoms with Crippen molar-refractivity contribution in [2.24, 2.45) is 0 Å². The summed E-state index contributed by atoms with van der Waals surface area (Å²) >= 11 is 1.38. The Morgan fingerprint density at radius 3 is 2.46 bits per heavy atom. The smallest absolute Gasteiger partial charge is 0.336 e. The van der Waals surface area contributed by atoms with Crippen molar-refractivity contribution in [3.8, 4) is 0 Å². The quantitative estimate of drug-likeness (QED) is 0.796. The van der Waals surface area contributed by atoms with Gasteiger partial charge in [-0.25, -0.2) is 17.5 Å². The Kier molecular flexibility index (Phi) is 5.69. The van der Waals surface area contributed by atoms with E-state index in [1.165, 1.54) is 38.0 Å². The first-order valence-corrected chi connectivity index (χ1v) is 9.62. The van der Waals surface area contributed by atoms with Crippen LogP contribution >= 0.6 is 11.8 Å². The molecule has 0 aromatic heterocycles. The number of benzene rings is 2. The van der Waals surface area contributed by atoms with Gasteiger partial charge in [-0.3, -0.25) is 0 Å². The molecule has 0 saturated carbocycles. The summed E-state index contributed by atoms with van der Waals surface area (Å²) in [6.45, 7) is 2.00. The van der Waals surface area contributed by atoms with Crippen molar-refractivity contribution in [1.29, 1.82) is 0 Å². The number of thioether (sulfide) groups is 1. The molecule has 0 bridgehead atoms. The summed E-state index contributed by atoms with van der Waals surface area (Å²) in [5.74, 6) is -0.528. The third-order valence-corrected chi connectivity index (χ3v) is 6.39. The summed E-state index contributed by atoms with van der Waals surface area (Å²) < 4.78 is 25.4. The molecule has 0 heterocycles. The monoisotopic (exact) mass is 365 g/mol. The van der Waals surface area contributed by atoms with Crippen LogP contribution in [-0.2, 0) is 15.8 Å². The van der Waals surface area contributed by atoms with Gasteiger partial charge in [0, 0.05) is 24.7 Å². The van der Waals surface area contributed by atoms with Crippen LogP contribution in [0, 0.1) is 6.92 Å². The summed E-state index contributed by atoms with van der Waals surface area (Å²) in [5.41, 5.74) is 2.22. The highest BCUT2D eigenvalue weighted by Gasteiger charge is 2.21. The van der Waals surface area contributed by atoms with Crippen LogP contribution in [0.1, 0.15) is 21.5 Å². The number of aryl methyl sites for hydroxylation is 1. The topological polar surface area (TPSA) is 74.7 Å². The molecule has 0 fully saturated rings. The van der Waals surface area contributed by atoms with E-state index in [1.807, 2.05) is 31.2 Å². The molecule has 2 aromatic rings. The lowest BCUT2D eigenvalue weighted by Crippen LogP contribution is -2.22. The van der Waals surface area contributed by atoms with E-state index in [-0.39, 0.29) is 10.5 Å². The second kappa shape index (κ2) is 7.38. The number of hydrogen-bond acceptors (Lipinski definition) is 4. The molecule has 0 amide bonds. The van der Waals surface area contributed by atoms with Crippen molar-refractivity contribution in [3.63, 3.8) is 0 Å². The van der Waals surface area contributed by atoms with Crippen LogP contribution in [0.3, 0.4) is 0 Å². The van der Waals surface area contributed by atoms with Gasteiger partial charge in [-0.05, 0) is 30.7 Å². The molecule has 0 aliphatic rings. The summed E-state index contributed by atoms with van der Waals surface area (Å²) in [6, 6.07) is 12.2. The number of carboxylic acid groups (broad SMARTS) is 1. The molecule has 0 radical (unpaired) electrons. The third kappa shape index (κ3) is 4.17. The predicted octanol–water partition coefficient (Wildman–Crippen LogP) is 3.24. The van der Waals surface area contributed by atoms with Crippen LogP contribution in [0.4, 0.5) is 0 Å². The lowest BCUT2D eigenvalue weighted by molar-refractivity contribution is 0.0693. The van der Waals surface area contributed by atoms with Crippen LogP contribution in [0.2, 0.25) is 0 Å². The Balaban J connectivity index is 2.32. The Bertz CT molecular complexity index is 861. The molecule has 0 aliphatic heterocycles. The second-order valence-electron chi connectivity index (χ2n) is 5.53. The van der Waals surface area contributed by atoms with Crippen molar-refractivity contribution in [1.82, 2.24) is 4.31 Å². The molecular weight excluding hydrogens is 346 g/mol. The molecule has 0 atom stereocenters. The number of sulfonamides is 1. The van der Waals surface area contributed by atoms with Crippen LogP contribution < -0.4 is 0 Å². The molecule has 24 heavy (non-hydrogen) atoms. The van der Waals surface area contributed by atoms with Gasteiger partial charge in [0.25, 0.3) is 0 Å². The second-order valence-corrected chi connectivity index (χ2v) is 8.70. The number of carbonyl (C=O) groups is 1. The molecule has 0 aliphatic carbocycles. The summed E-state index contributed by atoms with van der Waals surface area (Å²) in [5, 5.41) is 9.41. The number of rotatable bonds is 6. The molecule has 128 valence electrons. The number of nitrogens with zero attached hydrogens (tertiary/aromatic N) is 1. The maximum atomic E-state index is 12.2. The van der Waals surface area contributed by atoms with Crippen molar-refractivity contribution in [2.75, 3.05) is 14.1 Å². The van der Waals surface area contributed by atoms with Gasteiger partial charge < -0.3 is 5.11 Å². The van der Waals surface area contributed by atoms with Crippen LogP contribution in [0.25, 0.3) is 0 Å². The zero-order valence-corrected chi connectivity index (χ0v) is 15.3. The van der Waals surface area contributed by atoms with Crippen LogP contribution in [0.15, 0.2) is 52.3 Å². The highest BCUT2D eigenvalue weighted by molar-refractivity contribution is 7.98. The summed E-state index contributed by atoms with van der Waals surface area (Å²) in [4.78, 5) is 12.0.